The number of benzene rings is 1. The van der Waals surface area contributed by atoms with E-state index in [4.69, 9.17) is 4.74 Å². The Balaban J connectivity index is 3.08. The Morgan fingerprint density at radius 1 is 1.48 bits per heavy atom. The van der Waals surface area contributed by atoms with Crippen molar-refractivity contribution in [2.75, 3.05) is 32.6 Å². The molecule has 1 amide bonds. The number of methoxy groups -OCH3 is 1. The first-order valence-electron chi connectivity index (χ1n) is 6.68. The van der Waals surface area contributed by atoms with Crippen molar-refractivity contribution in [1.82, 2.24) is 4.90 Å². The van der Waals surface area contributed by atoms with Gasteiger partial charge < -0.3 is 15.0 Å². The van der Waals surface area contributed by atoms with Crippen LogP contribution in [0.3, 0.4) is 0 Å². The van der Waals surface area contributed by atoms with Crippen LogP contribution in [0.2, 0.25) is 0 Å². The summed E-state index contributed by atoms with van der Waals surface area (Å²) in [5.74, 6) is -0.173. The number of nitrogens with zero attached hydrogens (tertiary/aromatic N) is 2. The van der Waals surface area contributed by atoms with Crippen LogP contribution in [-0.2, 0) is 4.74 Å². The first-order valence-corrected chi connectivity index (χ1v) is 6.68. The van der Waals surface area contributed by atoms with E-state index < -0.39 is 4.92 Å². The van der Waals surface area contributed by atoms with Gasteiger partial charge in [0.1, 0.15) is 5.69 Å². The van der Waals surface area contributed by atoms with Crippen LogP contribution in [0, 0.1) is 10.1 Å². The van der Waals surface area contributed by atoms with Crippen LogP contribution in [0.4, 0.5) is 11.4 Å². The molecule has 0 aliphatic rings. The van der Waals surface area contributed by atoms with Crippen molar-refractivity contribution in [2.24, 2.45) is 0 Å². The summed E-state index contributed by atoms with van der Waals surface area (Å²) in [6, 6.07) is 4.33. The van der Waals surface area contributed by atoms with Crippen molar-refractivity contribution in [3.05, 3.63) is 33.9 Å². The van der Waals surface area contributed by atoms with Gasteiger partial charge in [-0.3, -0.25) is 14.9 Å². The number of ether oxygens (including phenoxy) is 1. The SMILES string of the molecule is CNc1cc(C(=O)N(CCOC)C(C)C)ccc1[N+](=O)[O-]. The zero-order chi connectivity index (χ0) is 16.0. The zero-order valence-corrected chi connectivity index (χ0v) is 12.8. The second kappa shape index (κ2) is 7.58. The van der Waals surface area contributed by atoms with Crippen LogP contribution in [-0.4, -0.2) is 49.1 Å². The molecule has 21 heavy (non-hydrogen) atoms. The Morgan fingerprint density at radius 3 is 2.62 bits per heavy atom. The Morgan fingerprint density at radius 2 is 2.14 bits per heavy atom. The molecular weight excluding hydrogens is 274 g/mol. The summed E-state index contributed by atoms with van der Waals surface area (Å²) in [4.78, 5) is 24.6. The van der Waals surface area contributed by atoms with Gasteiger partial charge in [-0.15, -0.1) is 0 Å². The van der Waals surface area contributed by atoms with Crippen molar-refractivity contribution < 1.29 is 14.5 Å². The molecule has 0 aliphatic heterocycles. The Hall–Kier alpha value is -2.15. The van der Waals surface area contributed by atoms with Crippen LogP contribution in [0.25, 0.3) is 0 Å². The minimum absolute atomic E-state index is 0.0147. The number of nitrogens with one attached hydrogen (secondary N) is 1. The normalized spacial score (nSPS) is 10.5. The van der Waals surface area contributed by atoms with E-state index in [2.05, 4.69) is 5.32 Å². The number of nitro benzene ring substituents is 1. The Kier molecular flexibility index (Phi) is 6.10. The van der Waals surface area contributed by atoms with Crippen molar-refractivity contribution in [3.63, 3.8) is 0 Å². The van der Waals surface area contributed by atoms with Gasteiger partial charge in [0, 0.05) is 38.4 Å². The van der Waals surface area contributed by atoms with Crippen LogP contribution >= 0.6 is 0 Å². The minimum atomic E-state index is -0.481. The number of nitro groups is 1. The van der Waals surface area contributed by atoms with Crippen LogP contribution < -0.4 is 5.32 Å². The lowest BCUT2D eigenvalue weighted by Crippen LogP contribution is -2.39. The average molecular weight is 295 g/mol. The van der Waals surface area contributed by atoms with E-state index in [9.17, 15) is 14.9 Å². The van der Waals surface area contributed by atoms with Crippen molar-refractivity contribution in [1.29, 1.82) is 0 Å². The minimum Gasteiger partial charge on any atom is -0.383 e. The van der Waals surface area contributed by atoms with Crippen LogP contribution in [0.15, 0.2) is 18.2 Å². The maximum atomic E-state index is 12.5. The summed E-state index contributed by atoms with van der Waals surface area (Å²) >= 11 is 0. The summed E-state index contributed by atoms with van der Waals surface area (Å²) in [6.45, 7) is 4.74. The number of amides is 1. The number of anilines is 1. The molecule has 1 aromatic carbocycles. The van der Waals surface area contributed by atoms with Gasteiger partial charge in [0.15, 0.2) is 0 Å². The smallest absolute Gasteiger partial charge is 0.292 e. The highest BCUT2D eigenvalue weighted by Gasteiger charge is 2.21. The average Bonchev–Trinajstić information content (AvgIpc) is 2.46. The lowest BCUT2D eigenvalue weighted by atomic mass is 10.1. The second-order valence-corrected chi connectivity index (χ2v) is 4.82. The summed E-state index contributed by atoms with van der Waals surface area (Å²) in [7, 11) is 3.16. The monoisotopic (exact) mass is 295 g/mol. The van der Waals surface area contributed by atoms with Crippen molar-refractivity contribution in [3.8, 4) is 0 Å². The predicted molar refractivity (Wildman–Crippen MR) is 80.7 cm³/mol. The molecule has 0 aliphatic carbocycles. The van der Waals surface area contributed by atoms with Gasteiger partial charge in [-0.2, -0.15) is 0 Å². The van der Waals surface area contributed by atoms with E-state index in [0.717, 1.165) is 0 Å². The lowest BCUT2D eigenvalue weighted by Gasteiger charge is -2.26. The number of carbonyl (C=O) groups excluding carboxylic acids is 1. The van der Waals surface area contributed by atoms with Gasteiger partial charge in [0.25, 0.3) is 11.6 Å². The quantitative estimate of drug-likeness (QED) is 0.615. The van der Waals surface area contributed by atoms with Crippen LogP contribution in [0.1, 0.15) is 24.2 Å². The molecule has 7 nitrogen and oxygen atoms in total. The molecule has 0 heterocycles. The highest BCUT2D eigenvalue weighted by atomic mass is 16.6. The molecule has 1 rings (SSSR count). The molecule has 7 heteroatoms. The summed E-state index contributed by atoms with van der Waals surface area (Å²) in [5.41, 5.74) is 0.679. The van der Waals surface area contributed by atoms with Crippen molar-refractivity contribution >= 4 is 17.3 Å². The molecule has 0 unspecified atom stereocenters. The molecule has 0 fully saturated rings. The summed E-state index contributed by atoms with van der Waals surface area (Å²) in [5, 5.41) is 13.6. The third-order valence-corrected chi connectivity index (χ3v) is 3.13. The third kappa shape index (κ3) is 4.16. The van der Waals surface area contributed by atoms with Gasteiger partial charge in [0.05, 0.1) is 11.5 Å². The number of hydrogen-bond acceptors (Lipinski definition) is 5. The molecule has 0 radical (unpaired) electrons. The predicted octanol–water partition coefficient (Wildman–Crippen LogP) is 2.13. The standard InChI is InChI=1S/C14H21N3O4/c1-10(2)16(7-8-21-4)14(18)11-5-6-13(17(19)20)12(9-11)15-3/h5-6,9-10,15H,7-8H2,1-4H3. The maximum Gasteiger partial charge on any atom is 0.292 e. The van der Waals surface area contributed by atoms with E-state index in [1.54, 1.807) is 19.1 Å². The molecule has 0 spiro atoms. The largest absolute Gasteiger partial charge is 0.383 e. The summed E-state index contributed by atoms with van der Waals surface area (Å²) < 4.78 is 5.01. The number of carbonyl (C=O) groups is 1. The van der Waals surface area contributed by atoms with Gasteiger partial charge >= 0.3 is 0 Å². The summed E-state index contributed by atoms with van der Waals surface area (Å²) in [6.07, 6.45) is 0. The Bertz CT molecular complexity index is 517. The fourth-order valence-corrected chi connectivity index (χ4v) is 1.98. The van der Waals surface area contributed by atoms with E-state index in [1.807, 2.05) is 13.8 Å². The highest BCUT2D eigenvalue weighted by Crippen LogP contribution is 2.25. The van der Waals surface area contributed by atoms with Crippen LogP contribution in [0.5, 0.6) is 0 Å². The first kappa shape index (κ1) is 16.9. The molecule has 0 aromatic heterocycles. The van der Waals surface area contributed by atoms with Gasteiger partial charge in [-0.25, -0.2) is 0 Å². The fraction of sp³-hybridized carbons (Fsp3) is 0.500. The van der Waals surface area contributed by atoms with E-state index in [-0.39, 0.29) is 17.6 Å². The fourth-order valence-electron chi connectivity index (χ4n) is 1.98. The molecule has 0 saturated carbocycles. The van der Waals surface area contributed by atoms with E-state index in [1.165, 1.54) is 18.2 Å². The highest BCUT2D eigenvalue weighted by molar-refractivity contribution is 5.96. The van der Waals surface area contributed by atoms with E-state index >= 15 is 0 Å². The third-order valence-electron chi connectivity index (χ3n) is 3.13. The van der Waals surface area contributed by atoms with Crippen molar-refractivity contribution in [2.45, 2.75) is 19.9 Å². The topological polar surface area (TPSA) is 84.7 Å². The van der Waals surface area contributed by atoms with Gasteiger partial charge in [-0.05, 0) is 26.0 Å². The second-order valence-electron chi connectivity index (χ2n) is 4.82. The first-order chi connectivity index (χ1) is 9.92. The maximum absolute atomic E-state index is 12.5. The van der Waals surface area contributed by atoms with Gasteiger partial charge in [-0.1, -0.05) is 0 Å². The zero-order valence-electron chi connectivity index (χ0n) is 12.8. The molecular formula is C14H21N3O4. The molecule has 0 bridgehead atoms. The molecule has 116 valence electrons. The molecule has 0 atom stereocenters. The molecule has 0 saturated heterocycles. The van der Waals surface area contributed by atoms with E-state index in [0.29, 0.717) is 24.4 Å². The number of rotatable bonds is 7. The number of hydrogen-bond donors (Lipinski definition) is 1. The lowest BCUT2D eigenvalue weighted by molar-refractivity contribution is -0.383. The Labute approximate surface area is 124 Å². The molecule has 1 aromatic rings. The van der Waals surface area contributed by atoms with Gasteiger partial charge in [0.2, 0.25) is 0 Å². The molecule has 1 N–H and O–H groups in total.